The molecule has 0 radical (unpaired) electrons. The van der Waals surface area contributed by atoms with Gasteiger partial charge < -0.3 is 5.32 Å². The third-order valence-electron chi connectivity index (χ3n) is 3.40. The molecule has 1 N–H and O–H groups in total. The monoisotopic (exact) mass is 406 g/mol. The van der Waals surface area contributed by atoms with Crippen molar-refractivity contribution in [2.24, 2.45) is 0 Å². The number of thiazole rings is 1. The second kappa shape index (κ2) is 8.57. The van der Waals surface area contributed by atoms with E-state index in [4.69, 9.17) is 0 Å². The van der Waals surface area contributed by atoms with Gasteiger partial charge in [0.1, 0.15) is 5.82 Å². The number of nitrogens with zero attached hydrogens (tertiary/aromatic N) is 1. The molecule has 3 aromatic rings. The lowest BCUT2D eigenvalue weighted by molar-refractivity contribution is -0.119. The topological polar surface area (TPSA) is 59.1 Å². The number of rotatable bonds is 7. The summed E-state index contributed by atoms with van der Waals surface area (Å²) in [7, 11) is 0. The largest absolute Gasteiger partial charge is 0.351 e. The Labute approximate surface area is 162 Å². The van der Waals surface area contributed by atoms with Crippen molar-refractivity contribution >= 4 is 46.1 Å². The summed E-state index contributed by atoms with van der Waals surface area (Å²) in [5, 5.41) is 4.62. The molecule has 1 aromatic carbocycles. The lowest BCUT2D eigenvalue weighted by atomic mass is 10.2. The Morgan fingerprint density at radius 2 is 1.96 bits per heavy atom. The fourth-order valence-corrected chi connectivity index (χ4v) is 4.80. The fourth-order valence-electron chi connectivity index (χ4n) is 2.11. The number of Topliss-reactive ketones (excluding diaryl/α,β-unsaturated/α-hetero) is 1. The molecule has 1 amide bonds. The average Bonchev–Trinajstić information content (AvgIpc) is 3.28. The molecular formula is C18H15FN2O2S3. The molecule has 134 valence electrons. The first kappa shape index (κ1) is 18.8. The minimum atomic E-state index is -0.280. The summed E-state index contributed by atoms with van der Waals surface area (Å²) in [5.74, 6) is -0.0376. The van der Waals surface area contributed by atoms with Crippen molar-refractivity contribution in [2.45, 2.75) is 17.8 Å². The summed E-state index contributed by atoms with van der Waals surface area (Å²) in [5.41, 5.74) is 1.63. The Morgan fingerprint density at radius 3 is 2.69 bits per heavy atom. The predicted molar refractivity (Wildman–Crippen MR) is 104 cm³/mol. The fraction of sp³-hybridized carbons (Fsp3) is 0.167. The molecule has 0 aliphatic rings. The van der Waals surface area contributed by atoms with E-state index in [0.29, 0.717) is 17.2 Å². The molecule has 0 unspecified atom stereocenters. The number of benzene rings is 1. The van der Waals surface area contributed by atoms with Crippen LogP contribution in [0.4, 0.5) is 4.39 Å². The number of thioether (sulfide) groups is 1. The van der Waals surface area contributed by atoms with Crippen LogP contribution in [0.3, 0.4) is 0 Å². The van der Waals surface area contributed by atoms with Gasteiger partial charge in [0.25, 0.3) is 0 Å². The van der Waals surface area contributed by atoms with Gasteiger partial charge in [-0.15, -0.1) is 22.7 Å². The van der Waals surface area contributed by atoms with E-state index in [-0.39, 0.29) is 17.5 Å². The third-order valence-corrected chi connectivity index (χ3v) is 6.55. The number of amides is 1. The zero-order valence-electron chi connectivity index (χ0n) is 13.8. The van der Waals surface area contributed by atoms with E-state index < -0.39 is 0 Å². The van der Waals surface area contributed by atoms with Crippen LogP contribution in [-0.2, 0) is 11.3 Å². The molecule has 8 heteroatoms. The maximum Gasteiger partial charge on any atom is 0.217 e. The Hall–Kier alpha value is -2.03. The van der Waals surface area contributed by atoms with E-state index >= 15 is 0 Å². The number of nitrogens with one attached hydrogen (secondary N) is 1. The molecule has 0 saturated heterocycles. The first-order valence-corrected chi connectivity index (χ1v) is 10.4. The molecule has 0 atom stereocenters. The van der Waals surface area contributed by atoms with Crippen molar-refractivity contribution in [3.63, 3.8) is 0 Å². The smallest absolute Gasteiger partial charge is 0.217 e. The van der Waals surface area contributed by atoms with Gasteiger partial charge in [-0.1, -0.05) is 11.8 Å². The summed E-state index contributed by atoms with van der Waals surface area (Å²) < 4.78 is 13.8. The van der Waals surface area contributed by atoms with E-state index in [1.807, 2.05) is 11.4 Å². The first-order valence-electron chi connectivity index (χ1n) is 7.72. The van der Waals surface area contributed by atoms with Gasteiger partial charge in [0.2, 0.25) is 5.91 Å². The van der Waals surface area contributed by atoms with Crippen LogP contribution in [0.25, 0.3) is 11.3 Å². The van der Waals surface area contributed by atoms with Crippen LogP contribution in [0.5, 0.6) is 0 Å². The highest BCUT2D eigenvalue weighted by Gasteiger charge is 2.12. The molecule has 0 saturated carbocycles. The van der Waals surface area contributed by atoms with E-state index in [9.17, 15) is 14.0 Å². The van der Waals surface area contributed by atoms with Crippen LogP contribution in [0.1, 0.15) is 21.5 Å². The highest BCUT2D eigenvalue weighted by molar-refractivity contribution is 8.01. The lowest BCUT2D eigenvalue weighted by Crippen LogP contribution is -2.18. The molecular weight excluding hydrogens is 391 g/mol. The number of carbonyl (C=O) groups excluding carboxylic acids is 2. The van der Waals surface area contributed by atoms with Gasteiger partial charge in [0.05, 0.1) is 22.9 Å². The van der Waals surface area contributed by atoms with E-state index in [0.717, 1.165) is 20.5 Å². The highest BCUT2D eigenvalue weighted by atomic mass is 32.2. The number of halogens is 1. The van der Waals surface area contributed by atoms with Gasteiger partial charge in [-0.3, -0.25) is 9.59 Å². The molecule has 4 nitrogen and oxygen atoms in total. The van der Waals surface area contributed by atoms with Crippen LogP contribution in [-0.4, -0.2) is 22.4 Å². The van der Waals surface area contributed by atoms with Gasteiger partial charge in [-0.25, -0.2) is 9.37 Å². The number of aromatic nitrogens is 1. The zero-order chi connectivity index (χ0) is 18.5. The molecule has 2 aromatic heterocycles. The number of hydrogen-bond acceptors (Lipinski definition) is 6. The van der Waals surface area contributed by atoms with Gasteiger partial charge in [-0.05, 0) is 36.4 Å². The normalized spacial score (nSPS) is 10.7. The Kier molecular flexibility index (Phi) is 6.18. The molecule has 0 aliphatic carbocycles. The minimum absolute atomic E-state index is 0.0348. The number of thiophene rings is 1. The van der Waals surface area contributed by atoms with Crippen molar-refractivity contribution in [3.05, 3.63) is 57.3 Å². The molecule has 26 heavy (non-hydrogen) atoms. The highest BCUT2D eigenvalue weighted by Crippen LogP contribution is 2.29. The summed E-state index contributed by atoms with van der Waals surface area (Å²) in [6.45, 7) is 1.90. The quantitative estimate of drug-likeness (QED) is 0.459. The predicted octanol–water partition coefficient (Wildman–Crippen LogP) is 4.62. The van der Waals surface area contributed by atoms with Crippen LogP contribution < -0.4 is 5.32 Å². The standard InChI is InChI=1S/C18H15FN2O2S3/c1-11(22)20-8-14-6-7-17(26-14)16(23)10-25-18-21-15(9-24-18)12-2-4-13(19)5-3-12/h2-7,9H,8,10H2,1H3,(H,20,22). The first-order chi connectivity index (χ1) is 12.5. The summed E-state index contributed by atoms with van der Waals surface area (Å²) in [6.07, 6.45) is 0. The van der Waals surface area contributed by atoms with E-state index in [2.05, 4.69) is 10.3 Å². The second-order valence-corrected chi connectivity index (χ2v) is 8.64. The Balaban J connectivity index is 1.56. The third kappa shape index (κ3) is 5.00. The summed E-state index contributed by atoms with van der Waals surface area (Å²) in [6, 6.07) is 9.82. The lowest BCUT2D eigenvalue weighted by Gasteiger charge is -1.98. The van der Waals surface area contributed by atoms with Crippen LogP contribution in [0, 0.1) is 5.82 Å². The number of hydrogen-bond donors (Lipinski definition) is 1. The van der Waals surface area contributed by atoms with Gasteiger partial charge in [0.15, 0.2) is 10.1 Å². The van der Waals surface area contributed by atoms with Crippen LogP contribution in [0.15, 0.2) is 46.1 Å². The molecule has 0 aliphatic heterocycles. The van der Waals surface area contributed by atoms with E-state index in [1.54, 1.807) is 18.2 Å². The molecule has 2 heterocycles. The maximum atomic E-state index is 13.0. The Bertz CT molecular complexity index is 919. The van der Waals surface area contributed by atoms with Gasteiger partial charge in [-0.2, -0.15) is 0 Å². The minimum Gasteiger partial charge on any atom is -0.351 e. The van der Waals surface area contributed by atoms with Crippen LogP contribution in [0.2, 0.25) is 0 Å². The molecule has 0 spiro atoms. The average molecular weight is 407 g/mol. The van der Waals surface area contributed by atoms with Crippen molar-refractivity contribution in [1.82, 2.24) is 10.3 Å². The number of carbonyl (C=O) groups is 2. The van der Waals surface area contributed by atoms with Crippen molar-refractivity contribution in [1.29, 1.82) is 0 Å². The maximum absolute atomic E-state index is 13.0. The van der Waals surface area contributed by atoms with Crippen molar-refractivity contribution in [2.75, 3.05) is 5.75 Å². The zero-order valence-corrected chi connectivity index (χ0v) is 16.3. The second-order valence-electron chi connectivity index (χ2n) is 5.39. The van der Waals surface area contributed by atoms with Crippen molar-refractivity contribution < 1.29 is 14.0 Å². The van der Waals surface area contributed by atoms with Crippen molar-refractivity contribution in [3.8, 4) is 11.3 Å². The van der Waals surface area contributed by atoms with Gasteiger partial charge >= 0.3 is 0 Å². The molecule has 3 rings (SSSR count). The summed E-state index contributed by atoms with van der Waals surface area (Å²) in [4.78, 5) is 29.4. The van der Waals surface area contributed by atoms with Crippen LogP contribution >= 0.6 is 34.4 Å². The Morgan fingerprint density at radius 1 is 1.19 bits per heavy atom. The summed E-state index contributed by atoms with van der Waals surface area (Å²) >= 11 is 4.25. The van der Waals surface area contributed by atoms with Gasteiger partial charge in [0, 0.05) is 22.7 Å². The number of ketones is 1. The SMILES string of the molecule is CC(=O)NCc1ccc(C(=O)CSc2nc(-c3ccc(F)cc3)cs2)s1. The molecule has 0 fully saturated rings. The molecule has 0 bridgehead atoms. The van der Waals surface area contributed by atoms with E-state index in [1.165, 1.54) is 53.5 Å².